The summed E-state index contributed by atoms with van der Waals surface area (Å²) in [5.41, 5.74) is 0. The van der Waals surface area contributed by atoms with Crippen LogP contribution in [0.4, 0.5) is 0 Å². The van der Waals surface area contributed by atoms with Gasteiger partial charge in [-0.15, -0.1) is 11.6 Å². The van der Waals surface area contributed by atoms with Gasteiger partial charge < -0.3 is 5.11 Å². The van der Waals surface area contributed by atoms with Crippen molar-refractivity contribution in [3.8, 4) is 0 Å². The van der Waals surface area contributed by atoms with E-state index in [0.29, 0.717) is 29.7 Å². The van der Waals surface area contributed by atoms with Crippen LogP contribution in [0.1, 0.15) is 26.7 Å². The Bertz CT molecular complexity index is 115. The van der Waals surface area contributed by atoms with Crippen molar-refractivity contribution in [3.05, 3.63) is 0 Å². The van der Waals surface area contributed by atoms with Crippen LogP contribution < -0.4 is 0 Å². The van der Waals surface area contributed by atoms with Crippen LogP contribution in [0.15, 0.2) is 0 Å². The molecule has 0 amide bonds. The van der Waals surface area contributed by atoms with Crippen molar-refractivity contribution in [2.75, 3.05) is 6.61 Å². The number of rotatable bonds is 1. The molecular formula is C9H17ClO. The SMILES string of the molecule is CC1CC(CO)C[C@H](C)C1Cl. The molecule has 1 N–H and O–H groups in total. The topological polar surface area (TPSA) is 20.2 Å². The van der Waals surface area contributed by atoms with E-state index in [1.54, 1.807) is 0 Å². The van der Waals surface area contributed by atoms with Crippen molar-refractivity contribution in [2.45, 2.75) is 32.1 Å². The Hall–Kier alpha value is 0.250. The van der Waals surface area contributed by atoms with Crippen LogP contribution in [0, 0.1) is 17.8 Å². The lowest BCUT2D eigenvalue weighted by atomic mass is 9.77. The van der Waals surface area contributed by atoms with Gasteiger partial charge in [0, 0.05) is 12.0 Å². The van der Waals surface area contributed by atoms with Crippen LogP contribution in [0.2, 0.25) is 0 Å². The minimum Gasteiger partial charge on any atom is -0.396 e. The standard InChI is InChI=1S/C9H17ClO/c1-6-3-8(5-11)4-7(2)9(6)10/h6-9,11H,3-5H2,1-2H3/t6-,7?,8?,9?/m0/s1. The van der Waals surface area contributed by atoms with Gasteiger partial charge >= 0.3 is 0 Å². The highest BCUT2D eigenvalue weighted by atomic mass is 35.5. The quantitative estimate of drug-likeness (QED) is 0.608. The maximum absolute atomic E-state index is 8.97. The molecule has 4 atom stereocenters. The van der Waals surface area contributed by atoms with E-state index in [9.17, 15) is 0 Å². The summed E-state index contributed by atoms with van der Waals surface area (Å²) in [5, 5.41) is 9.29. The zero-order chi connectivity index (χ0) is 8.43. The fraction of sp³-hybridized carbons (Fsp3) is 1.00. The Balaban J connectivity index is 2.47. The van der Waals surface area contributed by atoms with Gasteiger partial charge in [0.05, 0.1) is 0 Å². The number of hydrogen-bond acceptors (Lipinski definition) is 1. The van der Waals surface area contributed by atoms with E-state index in [2.05, 4.69) is 13.8 Å². The van der Waals surface area contributed by atoms with Crippen molar-refractivity contribution in [1.82, 2.24) is 0 Å². The largest absolute Gasteiger partial charge is 0.396 e. The Morgan fingerprint density at radius 2 is 1.73 bits per heavy atom. The predicted octanol–water partition coefficient (Wildman–Crippen LogP) is 2.27. The van der Waals surface area contributed by atoms with Crippen LogP contribution in [0.3, 0.4) is 0 Å². The molecule has 3 unspecified atom stereocenters. The van der Waals surface area contributed by atoms with E-state index in [1.165, 1.54) is 0 Å². The molecule has 1 aliphatic carbocycles. The molecule has 66 valence electrons. The first-order valence-electron chi connectivity index (χ1n) is 4.40. The van der Waals surface area contributed by atoms with E-state index in [0.717, 1.165) is 12.8 Å². The number of aliphatic hydroxyl groups is 1. The summed E-state index contributed by atoms with van der Waals surface area (Å²) < 4.78 is 0. The number of aliphatic hydroxyl groups excluding tert-OH is 1. The molecule has 0 bridgehead atoms. The van der Waals surface area contributed by atoms with Gasteiger partial charge in [-0.1, -0.05) is 13.8 Å². The highest BCUT2D eigenvalue weighted by Gasteiger charge is 2.30. The van der Waals surface area contributed by atoms with E-state index >= 15 is 0 Å². The average Bonchev–Trinajstić information content (AvgIpc) is 1.99. The van der Waals surface area contributed by atoms with Gasteiger partial charge in [0.2, 0.25) is 0 Å². The molecule has 0 saturated heterocycles. The summed E-state index contributed by atoms with van der Waals surface area (Å²) >= 11 is 6.16. The second-order valence-electron chi connectivity index (χ2n) is 3.92. The maximum atomic E-state index is 8.97. The number of hydrogen-bond donors (Lipinski definition) is 1. The first-order valence-corrected chi connectivity index (χ1v) is 4.83. The van der Waals surface area contributed by atoms with Crippen molar-refractivity contribution in [2.24, 2.45) is 17.8 Å². The molecule has 0 aromatic carbocycles. The smallest absolute Gasteiger partial charge is 0.0459 e. The van der Waals surface area contributed by atoms with Gasteiger partial charge in [-0.3, -0.25) is 0 Å². The van der Waals surface area contributed by atoms with Crippen molar-refractivity contribution >= 4 is 11.6 Å². The Morgan fingerprint density at radius 1 is 1.27 bits per heavy atom. The van der Waals surface area contributed by atoms with E-state index in [-0.39, 0.29) is 0 Å². The van der Waals surface area contributed by atoms with E-state index < -0.39 is 0 Å². The lowest BCUT2D eigenvalue weighted by Crippen LogP contribution is -2.31. The molecule has 0 aromatic rings. The molecule has 11 heavy (non-hydrogen) atoms. The third-order valence-electron chi connectivity index (χ3n) is 2.76. The molecule has 0 spiro atoms. The van der Waals surface area contributed by atoms with Gasteiger partial charge in [-0.05, 0) is 30.6 Å². The minimum atomic E-state index is 0.317. The second-order valence-corrected chi connectivity index (χ2v) is 4.42. The molecule has 0 radical (unpaired) electrons. The van der Waals surface area contributed by atoms with Gasteiger partial charge in [-0.2, -0.15) is 0 Å². The van der Waals surface area contributed by atoms with E-state index in [1.807, 2.05) is 0 Å². The Morgan fingerprint density at radius 3 is 2.09 bits per heavy atom. The monoisotopic (exact) mass is 176 g/mol. The molecule has 2 heteroatoms. The van der Waals surface area contributed by atoms with Gasteiger partial charge in [0.25, 0.3) is 0 Å². The number of halogens is 1. The summed E-state index contributed by atoms with van der Waals surface area (Å²) in [6.45, 7) is 4.68. The summed E-state index contributed by atoms with van der Waals surface area (Å²) in [5.74, 6) is 1.63. The summed E-state index contributed by atoms with van der Waals surface area (Å²) in [6.07, 6.45) is 2.18. The summed E-state index contributed by atoms with van der Waals surface area (Å²) in [7, 11) is 0. The lowest BCUT2D eigenvalue weighted by Gasteiger charge is -2.34. The van der Waals surface area contributed by atoms with Crippen LogP contribution in [0.5, 0.6) is 0 Å². The Labute approximate surface area is 73.8 Å². The van der Waals surface area contributed by atoms with Crippen molar-refractivity contribution < 1.29 is 5.11 Å². The van der Waals surface area contributed by atoms with Crippen molar-refractivity contribution in [1.29, 1.82) is 0 Å². The normalized spacial score (nSPS) is 45.8. The molecule has 1 rings (SSSR count). The average molecular weight is 177 g/mol. The maximum Gasteiger partial charge on any atom is 0.0459 e. The Kier molecular flexibility index (Phi) is 3.20. The predicted molar refractivity (Wildman–Crippen MR) is 47.8 cm³/mol. The zero-order valence-electron chi connectivity index (χ0n) is 7.26. The molecule has 1 saturated carbocycles. The summed E-state index contributed by atoms with van der Waals surface area (Å²) in [4.78, 5) is 0. The van der Waals surface area contributed by atoms with Gasteiger partial charge in [0.1, 0.15) is 0 Å². The molecular weight excluding hydrogens is 160 g/mol. The molecule has 1 fully saturated rings. The summed E-state index contributed by atoms with van der Waals surface area (Å²) in [6, 6.07) is 0. The van der Waals surface area contributed by atoms with Crippen LogP contribution in [-0.4, -0.2) is 17.1 Å². The fourth-order valence-electron chi connectivity index (χ4n) is 2.12. The first-order chi connectivity index (χ1) is 5.15. The second kappa shape index (κ2) is 3.77. The highest BCUT2D eigenvalue weighted by Crippen LogP contribution is 2.36. The third-order valence-corrected chi connectivity index (χ3v) is 3.62. The number of alkyl halides is 1. The fourth-order valence-corrected chi connectivity index (χ4v) is 2.32. The van der Waals surface area contributed by atoms with Crippen molar-refractivity contribution in [3.63, 3.8) is 0 Å². The minimum absolute atomic E-state index is 0.317. The van der Waals surface area contributed by atoms with Crippen LogP contribution >= 0.6 is 11.6 Å². The zero-order valence-corrected chi connectivity index (χ0v) is 8.01. The molecule has 1 nitrogen and oxygen atoms in total. The highest BCUT2D eigenvalue weighted by molar-refractivity contribution is 6.21. The molecule has 0 aromatic heterocycles. The lowest BCUT2D eigenvalue weighted by molar-refractivity contribution is 0.141. The van der Waals surface area contributed by atoms with Gasteiger partial charge in [-0.25, -0.2) is 0 Å². The third kappa shape index (κ3) is 2.09. The molecule has 1 aliphatic rings. The molecule has 0 aliphatic heterocycles. The first kappa shape index (κ1) is 9.34. The van der Waals surface area contributed by atoms with Gasteiger partial charge in [0.15, 0.2) is 0 Å². The van der Waals surface area contributed by atoms with E-state index in [4.69, 9.17) is 16.7 Å². The van der Waals surface area contributed by atoms with Crippen LogP contribution in [-0.2, 0) is 0 Å². The van der Waals surface area contributed by atoms with Crippen LogP contribution in [0.25, 0.3) is 0 Å². The molecule has 0 heterocycles.